The molecule has 2 aromatic carbocycles. The van der Waals surface area contributed by atoms with Gasteiger partial charge in [0.15, 0.2) is 0 Å². The summed E-state index contributed by atoms with van der Waals surface area (Å²) in [6.07, 6.45) is 1.91. The molecular weight excluding hydrogens is 431 g/mol. The minimum Gasteiger partial charge on any atom is -0.344 e. The summed E-state index contributed by atoms with van der Waals surface area (Å²) in [7, 11) is 0. The molecule has 1 fully saturated rings. The molecule has 156 valence electrons. The summed E-state index contributed by atoms with van der Waals surface area (Å²) in [5.74, 6) is -0.243. The van der Waals surface area contributed by atoms with Crippen molar-refractivity contribution < 1.29 is 4.39 Å². The van der Waals surface area contributed by atoms with Crippen molar-refractivity contribution in [3.05, 3.63) is 65.6 Å². The van der Waals surface area contributed by atoms with E-state index in [1.54, 1.807) is 34.8 Å². The van der Waals surface area contributed by atoms with E-state index in [4.69, 9.17) is 10.1 Å². The minimum absolute atomic E-state index is 0.243. The fourth-order valence-electron chi connectivity index (χ4n) is 3.85. The van der Waals surface area contributed by atoms with Crippen molar-refractivity contribution in [2.45, 2.75) is 6.54 Å². The summed E-state index contributed by atoms with van der Waals surface area (Å²) < 4.78 is 16.2. The molecule has 1 aliphatic heterocycles. The van der Waals surface area contributed by atoms with Crippen LogP contribution < -0.4 is 4.90 Å². The number of nitrogens with zero attached hydrogens (tertiary/aromatic N) is 6. The number of para-hydroxylation sites is 1. The van der Waals surface area contributed by atoms with Gasteiger partial charge in [-0.25, -0.2) is 18.9 Å². The molecule has 0 aliphatic carbocycles. The summed E-state index contributed by atoms with van der Waals surface area (Å²) in [6.45, 7) is 4.74. The lowest BCUT2D eigenvalue weighted by molar-refractivity contribution is 0.249. The summed E-state index contributed by atoms with van der Waals surface area (Å²) in [4.78, 5) is 15.1. The van der Waals surface area contributed by atoms with Crippen molar-refractivity contribution in [1.29, 1.82) is 0 Å². The molecule has 9 heteroatoms. The van der Waals surface area contributed by atoms with Crippen LogP contribution in [0, 0.1) is 5.82 Å². The van der Waals surface area contributed by atoms with Crippen LogP contribution in [0.1, 0.15) is 5.01 Å². The number of piperazine rings is 1. The molecular formula is C22H19FN6S2. The maximum absolute atomic E-state index is 13.2. The van der Waals surface area contributed by atoms with Gasteiger partial charge in [-0.3, -0.25) is 4.90 Å². The van der Waals surface area contributed by atoms with Crippen LogP contribution in [0.15, 0.2) is 54.7 Å². The van der Waals surface area contributed by atoms with Crippen molar-refractivity contribution in [2.75, 3.05) is 31.1 Å². The Morgan fingerprint density at radius 1 is 0.903 bits per heavy atom. The lowest BCUT2D eigenvalue weighted by Crippen LogP contribution is -2.46. The first-order chi connectivity index (χ1) is 15.2. The zero-order chi connectivity index (χ0) is 20.8. The average Bonchev–Trinajstić information content (AvgIpc) is 3.47. The highest BCUT2D eigenvalue weighted by Crippen LogP contribution is 2.28. The first kappa shape index (κ1) is 18.9. The third-order valence-electron chi connectivity index (χ3n) is 5.51. The molecule has 0 saturated carbocycles. The third kappa shape index (κ3) is 3.69. The molecule has 0 spiro atoms. The highest BCUT2D eigenvalue weighted by atomic mass is 32.1. The fraction of sp³-hybridized carbons (Fsp3) is 0.227. The Bertz CT molecular complexity index is 1280. The van der Waals surface area contributed by atoms with E-state index in [-0.39, 0.29) is 5.82 Å². The van der Waals surface area contributed by atoms with Crippen molar-refractivity contribution in [3.8, 4) is 11.3 Å². The van der Waals surface area contributed by atoms with Crippen molar-refractivity contribution >= 4 is 43.0 Å². The Labute approximate surface area is 186 Å². The number of imidazole rings is 1. The summed E-state index contributed by atoms with van der Waals surface area (Å²) in [6, 6.07) is 14.7. The van der Waals surface area contributed by atoms with Gasteiger partial charge in [0.25, 0.3) is 0 Å². The first-order valence-electron chi connectivity index (χ1n) is 10.2. The molecule has 0 radical (unpaired) electrons. The molecule has 0 amide bonds. The normalized spacial score (nSPS) is 15.3. The van der Waals surface area contributed by atoms with Gasteiger partial charge in [0.05, 0.1) is 28.7 Å². The molecule has 3 aromatic heterocycles. The van der Waals surface area contributed by atoms with E-state index in [9.17, 15) is 4.39 Å². The van der Waals surface area contributed by atoms with Gasteiger partial charge in [0.2, 0.25) is 10.1 Å². The topological polar surface area (TPSA) is 49.6 Å². The van der Waals surface area contributed by atoms with Crippen LogP contribution in [0.25, 0.3) is 26.4 Å². The number of fused-ring (bicyclic) bond motifs is 2. The van der Waals surface area contributed by atoms with E-state index in [0.717, 1.165) is 59.6 Å². The van der Waals surface area contributed by atoms with E-state index in [1.165, 1.54) is 21.8 Å². The summed E-state index contributed by atoms with van der Waals surface area (Å²) in [5, 5.41) is 6.90. The number of anilines is 1. The van der Waals surface area contributed by atoms with Crippen LogP contribution in [-0.2, 0) is 6.54 Å². The molecule has 5 aromatic rings. The molecule has 0 N–H and O–H groups in total. The Balaban J connectivity index is 1.12. The second kappa shape index (κ2) is 7.67. The molecule has 31 heavy (non-hydrogen) atoms. The van der Waals surface area contributed by atoms with Crippen LogP contribution in [0.3, 0.4) is 0 Å². The van der Waals surface area contributed by atoms with Crippen LogP contribution in [-0.4, -0.2) is 50.7 Å². The molecule has 4 heterocycles. The molecule has 6 rings (SSSR count). The zero-order valence-corrected chi connectivity index (χ0v) is 18.2. The average molecular weight is 451 g/mol. The van der Waals surface area contributed by atoms with Gasteiger partial charge in [-0.05, 0) is 36.4 Å². The molecule has 0 bridgehead atoms. The number of aromatic nitrogens is 4. The van der Waals surface area contributed by atoms with Crippen LogP contribution in [0.2, 0.25) is 0 Å². The predicted molar refractivity (Wildman–Crippen MR) is 123 cm³/mol. The summed E-state index contributed by atoms with van der Waals surface area (Å²) in [5.41, 5.74) is 2.79. The Kier molecular flexibility index (Phi) is 4.66. The lowest BCUT2D eigenvalue weighted by atomic mass is 10.2. The highest BCUT2D eigenvalue weighted by molar-refractivity contribution is 7.20. The Morgan fingerprint density at radius 2 is 1.71 bits per heavy atom. The van der Waals surface area contributed by atoms with E-state index < -0.39 is 0 Å². The Hall–Kier alpha value is -2.88. The van der Waals surface area contributed by atoms with Crippen LogP contribution in [0.4, 0.5) is 9.52 Å². The predicted octanol–water partition coefficient (Wildman–Crippen LogP) is 4.53. The van der Waals surface area contributed by atoms with E-state index >= 15 is 0 Å². The zero-order valence-electron chi connectivity index (χ0n) is 16.6. The van der Waals surface area contributed by atoms with Gasteiger partial charge in [-0.1, -0.05) is 23.5 Å². The second-order valence-corrected chi connectivity index (χ2v) is 9.63. The van der Waals surface area contributed by atoms with Crippen LogP contribution >= 0.6 is 22.7 Å². The van der Waals surface area contributed by atoms with Gasteiger partial charge in [-0.2, -0.15) is 0 Å². The number of benzene rings is 2. The van der Waals surface area contributed by atoms with Gasteiger partial charge in [-0.15, -0.1) is 16.4 Å². The van der Waals surface area contributed by atoms with Crippen molar-refractivity contribution in [2.24, 2.45) is 0 Å². The molecule has 0 atom stereocenters. The fourth-order valence-corrected chi connectivity index (χ4v) is 5.80. The number of hydrogen-bond donors (Lipinski definition) is 0. The van der Waals surface area contributed by atoms with Gasteiger partial charge in [0.1, 0.15) is 10.8 Å². The molecule has 0 unspecified atom stereocenters. The van der Waals surface area contributed by atoms with E-state index in [2.05, 4.69) is 33.0 Å². The maximum Gasteiger partial charge on any atom is 0.214 e. The molecule has 1 saturated heterocycles. The highest BCUT2D eigenvalue weighted by Gasteiger charge is 2.22. The number of halogens is 1. The van der Waals surface area contributed by atoms with Gasteiger partial charge < -0.3 is 4.90 Å². The van der Waals surface area contributed by atoms with Crippen LogP contribution in [0.5, 0.6) is 0 Å². The number of hydrogen-bond acceptors (Lipinski definition) is 7. The Morgan fingerprint density at radius 3 is 2.48 bits per heavy atom. The largest absolute Gasteiger partial charge is 0.344 e. The quantitative estimate of drug-likeness (QED) is 0.403. The standard InChI is InChI=1S/C22H19FN6S2/c23-16-7-5-15(6-8-16)18-13-29-21(25-18)31-22(26-29)28-11-9-27(10-12-28)14-20-24-17-3-1-2-4-19(17)30-20/h1-8,13H,9-12,14H2. The smallest absolute Gasteiger partial charge is 0.214 e. The molecule has 1 aliphatic rings. The van der Waals surface area contributed by atoms with E-state index in [1.807, 2.05) is 16.8 Å². The van der Waals surface area contributed by atoms with Gasteiger partial charge >= 0.3 is 0 Å². The maximum atomic E-state index is 13.2. The SMILES string of the molecule is Fc1ccc(-c2cn3nc(N4CCN(Cc5nc6ccccc6s5)CC4)sc3n2)cc1. The molecule has 6 nitrogen and oxygen atoms in total. The third-order valence-corrected chi connectivity index (χ3v) is 7.52. The van der Waals surface area contributed by atoms with Crippen molar-refractivity contribution in [1.82, 2.24) is 24.5 Å². The number of thiazole rings is 1. The van der Waals surface area contributed by atoms with Gasteiger partial charge in [0, 0.05) is 31.7 Å². The minimum atomic E-state index is -0.243. The number of rotatable bonds is 4. The first-order valence-corrected chi connectivity index (χ1v) is 11.8. The second-order valence-electron chi connectivity index (χ2n) is 7.58. The summed E-state index contributed by atoms with van der Waals surface area (Å²) >= 11 is 3.38. The lowest BCUT2D eigenvalue weighted by Gasteiger charge is -2.33. The monoisotopic (exact) mass is 450 g/mol. The van der Waals surface area contributed by atoms with Crippen molar-refractivity contribution in [3.63, 3.8) is 0 Å². The van der Waals surface area contributed by atoms with E-state index in [0.29, 0.717) is 0 Å².